The van der Waals surface area contributed by atoms with Crippen LogP contribution in [-0.4, -0.2) is 65.9 Å². The number of benzene rings is 1. The molecule has 2 N–H and O–H groups in total. The highest BCUT2D eigenvalue weighted by Gasteiger charge is 2.30. The molecule has 0 bridgehead atoms. The fourth-order valence-electron chi connectivity index (χ4n) is 4.53. The van der Waals surface area contributed by atoms with Crippen molar-refractivity contribution in [1.29, 1.82) is 0 Å². The van der Waals surface area contributed by atoms with Gasteiger partial charge in [-0.25, -0.2) is 4.98 Å². The number of imide groups is 1. The summed E-state index contributed by atoms with van der Waals surface area (Å²) in [6.07, 6.45) is 3.43. The van der Waals surface area contributed by atoms with Gasteiger partial charge in [-0.1, -0.05) is 0 Å². The van der Waals surface area contributed by atoms with Crippen molar-refractivity contribution < 1.29 is 28.6 Å². The summed E-state index contributed by atoms with van der Waals surface area (Å²) in [6.45, 7) is 8.12. The Hall–Kier alpha value is -3.50. The standard InChI is InChI=1S/C28H36N4O6/c1-28(2,3)38-25(34)7-5-14-36-16-17-37-15-13-29-19-8-9-22-21(18-19)20-6-4-12-30-26(20)32(22)23-10-11-24(33)31-27(23)35/h4,6,8-9,12,18,23,29H,5,7,10-11,13-17H2,1-3H3,(H,31,33,35). The van der Waals surface area contributed by atoms with E-state index in [9.17, 15) is 14.4 Å². The third kappa shape index (κ3) is 7.08. The molecule has 0 radical (unpaired) electrons. The minimum Gasteiger partial charge on any atom is -0.460 e. The number of hydrogen-bond donors (Lipinski definition) is 2. The van der Waals surface area contributed by atoms with Gasteiger partial charge in [0.1, 0.15) is 17.3 Å². The van der Waals surface area contributed by atoms with Crippen molar-refractivity contribution in [3.63, 3.8) is 0 Å². The summed E-state index contributed by atoms with van der Waals surface area (Å²) in [5.41, 5.74) is 2.10. The van der Waals surface area contributed by atoms with Crippen LogP contribution in [0.5, 0.6) is 0 Å². The first-order chi connectivity index (χ1) is 18.2. The number of rotatable bonds is 12. The molecule has 1 aromatic carbocycles. The molecule has 1 aliphatic heterocycles. The fourth-order valence-corrected chi connectivity index (χ4v) is 4.53. The highest BCUT2D eigenvalue weighted by Crippen LogP contribution is 2.34. The van der Waals surface area contributed by atoms with Crippen molar-refractivity contribution in [2.24, 2.45) is 0 Å². The molecule has 1 fully saturated rings. The average molecular weight is 525 g/mol. The molecule has 0 aliphatic carbocycles. The maximum atomic E-state index is 12.6. The largest absolute Gasteiger partial charge is 0.460 e. The second-order valence-corrected chi connectivity index (χ2v) is 10.3. The minimum absolute atomic E-state index is 0.210. The monoisotopic (exact) mass is 524 g/mol. The van der Waals surface area contributed by atoms with Crippen molar-refractivity contribution in [1.82, 2.24) is 14.9 Å². The maximum Gasteiger partial charge on any atom is 0.306 e. The van der Waals surface area contributed by atoms with Gasteiger partial charge in [0.2, 0.25) is 11.8 Å². The topological polar surface area (TPSA) is 121 Å². The van der Waals surface area contributed by atoms with Gasteiger partial charge >= 0.3 is 5.97 Å². The van der Waals surface area contributed by atoms with E-state index >= 15 is 0 Å². The second-order valence-electron chi connectivity index (χ2n) is 10.3. The Kier molecular flexibility index (Phi) is 8.96. The highest BCUT2D eigenvalue weighted by atomic mass is 16.6. The Morgan fingerprint density at radius 2 is 1.89 bits per heavy atom. The highest BCUT2D eigenvalue weighted by molar-refractivity contribution is 6.09. The maximum absolute atomic E-state index is 12.6. The number of hydrogen-bond acceptors (Lipinski definition) is 8. The fraction of sp³-hybridized carbons (Fsp3) is 0.500. The zero-order chi connectivity index (χ0) is 27.1. The first-order valence-electron chi connectivity index (χ1n) is 13.1. The summed E-state index contributed by atoms with van der Waals surface area (Å²) in [5.74, 6) is -0.742. The SMILES string of the molecule is CC(C)(C)OC(=O)CCCOCCOCCNc1ccc2c(c1)c1cccnc1n2C1CCC(=O)NC1=O. The molecule has 1 saturated heterocycles. The Bertz CT molecular complexity index is 1300. The van der Waals surface area contributed by atoms with Crippen molar-refractivity contribution in [3.05, 3.63) is 36.5 Å². The molecule has 1 atom stereocenters. The van der Waals surface area contributed by atoms with Crippen LogP contribution in [0.4, 0.5) is 5.69 Å². The number of amides is 2. The first-order valence-corrected chi connectivity index (χ1v) is 13.1. The number of nitrogens with zero attached hydrogens (tertiary/aromatic N) is 2. The van der Waals surface area contributed by atoms with E-state index in [-0.39, 0.29) is 17.8 Å². The van der Waals surface area contributed by atoms with Crippen LogP contribution in [0.3, 0.4) is 0 Å². The Labute approximate surface area is 222 Å². The minimum atomic E-state index is -0.477. The van der Waals surface area contributed by atoms with E-state index in [0.717, 1.165) is 27.6 Å². The van der Waals surface area contributed by atoms with E-state index in [2.05, 4.69) is 21.7 Å². The number of fused-ring (bicyclic) bond motifs is 3. The molecular formula is C28H36N4O6. The number of carbonyl (C=O) groups excluding carboxylic acids is 3. The van der Waals surface area contributed by atoms with Gasteiger partial charge in [0.05, 0.1) is 25.3 Å². The number of piperidine rings is 1. The smallest absolute Gasteiger partial charge is 0.306 e. The summed E-state index contributed by atoms with van der Waals surface area (Å²) in [6, 6.07) is 9.40. The van der Waals surface area contributed by atoms with E-state index in [1.807, 2.05) is 49.6 Å². The van der Waals surface area contributed by atoms with Gasteiger partial charge in [-0.15, -0.1) is 0 Å². The van der Waals surface area contributed by atoms with Crippen LogP contribution in [0.2, 0.25) is 0 Å². The van der Waals surface area contributed by atoms with E-state index in [1.165, 1.54) is 0 Å². The summed E-state index contributed by atoms with van der Waals surface area (Å²) in [4.78, 5) is 40.5. The summed E-state index contributed by atoms with van der Waals surface area (Å²) in [7, 11) is 0. The molecule has 38 heavy (non-hydrogen) atoms. The number of nitrogens with one attached hydrogen (secondary N) is 2. The molecule has 10 heteroatoms. The molecular weight excluding hydrogens is 488 g/mol. The van der Waals surface area contributed by atoms with Crippen LogP contribution in [0, 0.1) is 0 Å². The van der Waals surface area contributed by atoms with Gasteiger partial charge in [-0.05, 0) is 63.9 Å². The van der Waals surface area contributed by atoms with Gasteiger partial charge in [0, 0.05) is 48.6 Å². The molecule has 1 aliphatic rings. The molecule has 4 rings (SSSR count). The van der Waals surface area contributed by atoms with Crippen LogP contribution >= 0.6 is 0 Å². The van der Waals surface area contributed by atoms with E-state index in [0.29, 0.717) is 58.7 Å². The normalized spacial score (nSPS) is 16.1. The van der Waals surface area contributed by atoms with Gasteiger partial charge in [-0.3, -0.25) is 19.7 Å². The molecule has 0 spiro atoms. The molecule has 0 saturated carbocycles. The summed E-state index contributed by atoms with van der Waals surface area (Å²) >= 11 is 0. The Balaban J connectivity index is 1.24. The van der Waals surface area contributed by atoms with Gasteiger partial charge in [0.25, 0.3) is 0 Å². The Morgan fingerprint density at radius 3 is 2.66 bits per heavy atom. The lowest BCUT2D eigenvalue weighted by Crippen LogP contribution is -2.41. The number of anilines is 1. The Morgan fingerprint density at radius 1 is 1.11 bits per heavy atom. The van der Waals surface area contributed by atoms with E-state index in [1.54, 1.807) is 6.20 Å². The van der Waals surface area contributed by atoms with Gasteiger partial charge < -0.3 is 24.1 Å². The number of ether oxygens (including phenoxy) is 3. The molecule has 204 valence electrons. The van der Waals surface area contributed by atoms with Crippen molar-refractivity contribution in [2.75, 3.05) is 38.3 Å². The molecule has 3 heterocycles. The van der Waals surface area contributed by atoms with Crippen LogP contribution in [-0.2, 0) is 28.6 Å². The van der Waals surface area contributed by atoms with Crippen LogP contribution in [0.1, 0.15) is 52.5 Å². The molecule has 1 unspecified atom stereocenters. The predicted molar refractivity (Wildman–Crippen MR) is 144 cm³/mol. The zero-order valence-corrected chi connectivity index (χ0v) is 22.2. The van der Waals surface area contributed by atoms with Crippen molar-refractivity contribution in [2.45, 2.75) is 58.1 Å². The number of esters is 1. The van der Waals surface area contributed by atoms with Crippen molar-refractivity contribution in [3.8, 4) is 0 Å². The lowest BCUT2D eigenvalue weighted by molar-refractivity contribution is -0.155. The van der Waals surface area contributed by atoms with Crippen LogP contribution in [0.25, 0.3) is 21.9 Å². The zero-order valence-electron chi connectivity index (χ0n) is 22.2. The van der Waals surface area contributed by atoms with Crippen LogP contribution in [0.15, 0.2) is 36.5 Å². The molecule has 10 nitrogen and oxygen atoms in total. The molecule has 2 amide bonds. The summed E-state index contributed by atoms with van der Waals surface area (Å²) < 4.78 is 18.4. The van der Waals surface area contributed by atoms with Gasteiger partial charge in [0.15, 0.2) is 0 Å². The number of pyridine rings is 1. The lowest BCUT2D eigenvalue weighted by Gasteiger charge is -2.23. The quantitative estimate of drug-likeness (QED) is 0.209. The predicted octanol–water partition coefficient (Wildman–Crippen LogP) is 3.73. The molecule has 2 aromatic heterocycles. The van der Waals surface area contributed by atoms with E-state index < -0.39 is 11.6 Å². The first kappa shape index (κ1) is 27.5. The summed E-state index contributed by atoms with van der Waals surface area (Å²) in [5, 5.41) is 7.77. The van der Waals surface area contributed by atoms with Crippen molar-refractivity contribution >= 4 is 45.4 Å². The third-order valence-electron chi connectivity index (χ3n) is 6.12. The number of aromatic nitrogens is 2. The third-order valence-corrected chi connectivity index (χ3v) is 6.12. The van der Waals surface area contributed by atoms with Gasteiger partial charge in [-0.2, -0.15) is 0 Å². The van der Waals surface area contributed by atoms with Crippen LogP contribution < -0.4 is 10.6 Å². The molecule has 3 aromatic rings. The van der Waals surface area contributed by atoms with E-state index in [4.69, 9.17) is 14.2 Å². The second kappa shape index (κ2) is 12.4. The number of carbonyl (C=O) groups is 3. The average Bonchev–Trinajstić information content (AvgIpc) is 3.18. The lowest BCUT2D eigenvalue weighted by atomic mass is 10.1.